The van der Waals surface area contributed by atoms with E-state index in [1.54, 1.807) is 7.05 Å². The van der Waals surface area contributed by atoms with E-state index in [0.717, 1.165) is 22.5 Å². The van der Waals surface area contributed by atoms with Crippen LogP contribution < -0.4 is 16.0 Å². The Morgan fingerprint density at radius 2 is 1.84 bits per heavy atom. The number of carbonyl (C=O) groups is 1. The predicted molar refractivity (Wildman–Crippen MR) is 135 cm³/mol. The third-order valence-electron chi connectivity index (χ3n) is 4.68. The van der Waals surface area contributed by atoms with E-state index in [4.69, 9.17) is 4.74 Å². The van der Waals surface area contributed by atoms with E-state index in [-0.39, 0.29) is 30.0 Å². The summed E-state index contributed by atoms with van der Waals surface area (Å²) in [5.41, 5.74) is 3.67. The van der Waals surface area contributed by atoms with Gasteiger partial charge in [0.05, 0.1) is 11.7 Å². The molecule has 2 aromatic rings. The third-order valence-corrected chi connectivity index (χ3v) is 4.68. The van der Waals surface area contributed by atoms with Crippen LogP contribution in [0.25, 0.3) is 0 Å². The topological polar surface area (TPSA) is 92.6 Å². The first-order chi connectivity index (χ1) is 14.1. The fraction of sp³-hybridized carbons (Fsp3) is 0.500. The minimum Gasteiger partial charge on any atom is -0.444 e. The number of nitrogens with zero attached hydrogens (tertiary/aromatic N) is 3. The lowest BCUT2D eigenvalue weighted by molar-refractivity contribution is 0.0504. The van der Waals surface area contributed by atoms with E-state index in [9.17, 15) is 4.79 Å². The maximum Gasteiger partial charge on any atom is 0.408 e. The van der Waals surface area contributed by atoms with Crippen LogP contribution >= 0.6 is 24.0 Å². The van der Waals surface area contributed by atoms with Crippen LogP contribution in [0, 0.1) is 13.8 Å². The van der Waals surface area contributed by atoms with Gasteiger partial charge in [-0.05, 0) is 40.2 Å². The van der Waals surface area contributed by atoms with Crippen LogP contribution in [0.2, 0.25) is 0 Å². The Labute approximate surface area is 202 Å². The second-order valence-corrected chi connectivity index (χ2v) is 8.19. The van der Waals surface area contributed by atoms with Gasteiger partial charge in [-0.3, -0.25) is 9.67 Å². The molecule has 0 saturated heterocycles. The molecule has 1 unspecified atom stereocenters. The predicted octanol–water partition coefficient (Wildman–Crippen LogP) is 3.59. The zero-order valence-electron chi connectivity index (χ0n) is 19.4. The molecule has 1 aromatic heterocycles. The van der Waals surface area contributed by atoms with Crippen molar-refractivity contribution in [2.24, 2.45) is 12.0 Å². The highest BCUT2D eigenvalue weighted by atomic mass is 127. The van der Waals surface area contributed by atoms with Gasteiger partial charge in [-0.15, -0.1) is 24.0 Å². The summed E-state index contributed by atoms with van der Waals surface area (Å²) in [5.74, 6) is 0.643. The minimum atomic E-state index is -0.560. The summed E-state index contributed by atoms with van der Waals surface area (Å²) in [7, 11) is 3.66. The largest absolute Gasteiger partial charge is 0.444 e. The van der Waals surface area contributed by atoms with E-state index >= 15 is 0 Å². The van der Waals surface area contributed by atoms with Crippen molar-refractivity contribution in [1.29, 1.82) is 0 Å². The summed E-state index contributed by atoms with van der Waals surface area (Å²) in [5, 5.41) is 14.0. The van der Waals surface area contributed by atoms with Crippen LogP contribution in [0.1, 0.15) is 49.3 Å². The second-order valence-electron chi connectivity index (χ2n) is 8.19. The Morgan fingerprint density at radius 3 is 2.35 bits per heavy atom. The lowest BCUT2D eigenvalue weighted by atomic mass is 10.1. The van der Waals surface area contributed by atoms with Crippen molar-refractivity contribution < 1.29 is 9.53 Å². The number of halogens is 1. The Balaban J connectivity index is 0.00000480. The minimum absolute atomic E-state index is 0. The standard InChI is InChI=1S/C22H34N6O2.HI/c1-15-18(16(2)28(7)27-15)13-24-20(23-6)25-14-19(17-11-9-8-10-12-17)26-21(29)30-22(3,4)5;/h8-12,19H,13-14H2,1-7H3,(H,26,29)(H2,23,24,25);1H. The molecule has 0 aliphatic carbocycles. The molecule has 1 amide bonds. The molecule has 0 aliphatic rings. The zero-order valence-corrected chi connectivity index (χ0v) is 21.8. The Hall–Kier alpha value is -2.30. The van der Waals surface area contributed by atoms with E-state index in [0.29, 0.717) is 19.0 Å². The van der Waals surface area contributed by atoms with Gasteiger partial charge >= 0.3 is 6.09 Å². The number of aryl methyl sites for hydroxylation is 2. The first kappa shape index (κ1) is 26.7. The van der Waals surface area contributed by atoms with Crippen molar-refractivity contribution in [3.63, 3.8) is 0 Å². The number of carbonyl (C=O) groups excluding carboxylic acids is 1. The van der Waals surface area contributed by atoms with Crippen molar-refractivity contribution in [1.82, 2.24) is 25.7 Å². The molecule has 0 bridgehead atoms. The maximum absolute atomic E-state index is 12.3. The van der Waals surface area contributed by atoms with E-state index in [1.807, 2.05) is 76.7 Å². The van der Waals surface area contributed by atoms with E-state index < -0.39 is 11.7 Å². The molecule has 2 rings (SSSR count). The smallest absolute Gasteiger partial charge is 0.408 e. The number of nitrogens with one attached hydrogen (secondary N) is 3. The van der Waals surface area contributed by atoms with Crippen molar-refractivity contribution in [3.8, 4) is 0 Å². The number of hydrogen-bond acceptors (Lipinski definition) is 4. The molecule has 3 N–H and O–H groups in total. The number of ether oxygens (including phenoxy) is 1. The van der Waals surface area contributed by atoms with Crippen LogP contribution in [0.4, 0.5) is 4.79 Å². The molecule has 9 heteroatoms. The summed E-state index contributed by atoms with van der Waals surface area (Å²) in [4.78, 5) is 16.6. The molecule has 0 radical (unpaired) electrons. The highest BCUT2D eigenvalue weighted by Gasteiger charge is 2.21. The molecule has 1 atom stereocenters. The maximum atomic E-state index is 12.3. The fourth-order valence-corrected chi connectivity index (χ4v) is 3.05. The van der Waals surface area contributed by atoms with Gasteiger partial charge in [0.1, 0.15) is 5.60 Å². The molecule has 0 fully saturated rings. The average Bonchev–Trinajstić information content (AvgIpc) is 2.92. The number of aliphatic imine (C=N–C) groups is 1. The molecule has 0 saturated carbocycles. The number of benzene rings is 1. The Morgan fingerprint density at radius 1 is 1.19 bits per heavy atom. The van der Waals surface area contributed by atoms with Gasteiger partial charge in [0, 0.05) is 38.4 Å². The molecule has 1 aromatic carbocycles. The molecule has 31 heavy (non-hydrogen) atoms. The molecular formula is C22H35IN6O2. The quantitative estimate of drug-likeness (QED) is 0.295. The van der Waals surface area contributed by atoms with Gasteiger partial charge in [-0.1, -0.05) is 30.3 Å². The number of guanidine groups is 1. The van der Waals surface area contributed by atoms with Crippen LogP contribution in [-0.2, 0) is 18.3 Å². The third kappa shape index (κ3) is 8.39. The van der Waals surface area contributed by atoms with E-state index in [2.05, 4.69) is 26.0 Å². The summed E-state index contributed by atoms with van der Waals surface area (Å²) >= 11 is 0. The lowest BCUT2D eigenvalue weighted by Gasteiger charge is -2.25. The van der Waals surface area contributed by atoms with E-state index in [1.165, 1.54) is 0 Å². The van der Waals surface area contributed by atoms with Crippen molar-refractivity contribution in [2.45, 2.75) is 52.8 Å². The van der Waals surface area contributed by atoms with Gasteiger partial charge in [0.15, 0.2) is 5.96 Å². The van der Waals surface area contributed by atoms with Crippen LogP contribution in [0.5, 0.6) is 0 Å². The molecule has 0 spiro atoms. The van der Waals surface area contributed by atoms with Gasteiger partial charge in [-0.2, -0.15) is 5.10 Å². The highest BCUT2D eigenvalue weighted by molar-refractivity contribution is 14.0. The highest BCUT2D eigenvalue weighted by Crippen LogP contribution is 2.14. The van der Waals surface area contributed by atoms with Crippen LogP contribution in [0.3, 0.4) is 0 Å². The van der Waals surface area contributed by atoms with Gasteiger partial charge in [0.2, 0.25) is 0 Å². The number of amides is 1. The SMILES string of the molecule is CN=C(NCc1c(C)nn(C)c1C)NCC(NC(=O)OC(C)(C)C)c1ccccc1.I. The molecular weight excluding hydrogens is 507 g/mol. The van der Waals surface area contributed by atoms with Gasteiger partial charge < -0.3 is 20.7 Å². The number of alkyl carbamates (subject to hydrolysis) is 1. The summed E-state index contributed by atoms with van der Waals surface area (Å²) in [6, 6.07) is 9.51. The normalized spacial score (nSPS) is 12.5. The van der Waals surface area contributed by atoms with Gasteiger partial charge in [0.25, 0.3) is 0 Å². The molecule has 0 aliphatic heterocycles. The van der Waals surface area contributed by atoms with Gasteiger partial charge in [-0.25, -0.2) is 4.79 Å². The molecule has 1 heterocycles. The molecule has 172 valence electrons. The second kappa shape index (κ2) is 11.9. The summed E-state index contributed by atoms with van der Waals surface area (Å²) < 4.78 is 7.30. The van der Waals surface area contributed by atoms with Crippen molar-refractivity contribution in [2.75, 3.05) is 13.6 Å². The Bertz CT molecular complexity index is 874. The van der Waals surface area contributed by atoms with Crippen molar-refractivity contribution >= 4 is 36.0 Å². The van der Waals surface area contributed by atoms with Crippen molar-refractivity contribution in [3.05, 3.63) is 52.8 Å². The first-order valence-corrected chi connectivity index (χ1v) is 10.1. The number of hydrogen-bond donors (Lipinski definition) is 3. The first-order valence-electron chi connectivity index (χ1n) is 10.1. The summed E-state index contributed by atoms with van der Waals surface area (Å²) in [6.45, 7) is 10.6. The Kier molecular flexibility index (Phi) is 10.3. The zero-order chi connectivity index (χ0) is 22.3. The monoisotopic (exact) mass is 542 g/mol. The number of aromatic nitrogens is 2. The van der Waals surface area contributed by atoms with Crippen LogP contribution in [-0.4, -0.2) is 41.0 Å². The fourth-order valence-electron chi connectivity index (χ4n) is 3.05. The number of rotatable bonds is 6. The van der Waals surface area contributed by atoms with Crippen LogP contribution in [0.15, 0.2) is 35.3 Å². The lowest BCUT2D eigenvalue weighted by Crippen LogP contribution is -2.44. The average molecular weight is 542 g/mol. The summed E-state index contributed by atoms with van der Waals surface area (Å²) in [6.07, 6.45) is -0.456. The molecule has 8 nitrogen and oxygen atoms in total.